The van der Waals surface area contributed by atoms with Gasteiger partial charge in [0.1, 0.15) is 0 Å². The van der Waals surface area contributed by atoms with Crippen LogP contribution in [-0.4, -0.2) is 61.4 Å². The molecule has 2 amide bonds. The van der Waals surface area contributed by atoms with E-state index in [4.69, 9.17) is 5.73 Å². The molecule has 0 fully saturated rings. The van der Waals surface area contributed by atoms with Crippen molar-refractivity contribution in [2.45, 2.75) is 6.42 Å². The number of rotatable bonds is 11. The summed E-state index contributed by atoms with van der Waals surface area (Å²) in [5.74, 6) is 1.14. The topological polar surface area (TPSA) is 87.5 Å². The highest BCUT2D eigenvalue weighted by atomic mass is 33.1. The standard InChI is InChI=1S/C20H26N4O2S2/c1-22-9-3-10-23-17-7-6-16-18-14(17)4-2-5-15(18)19(25)24(20(16)26)11-13-28-27-12-8-21/h2,4-7,22-23H,3,8-13,21H2,1H3. The van der Waals surface area contributed by atoms with Gasteiger partial charge in [-0.1, -0.05) is 33.7 Å². The second-order valence-corrected chi connectivity index (χ2v) is 9.17. The Hall–Kier alpha value is -1.74. The zero-order chi connectivity index (χ0) is 19.9. The Labute approximate surface area is 173 Å². The van der Waals surface area contributed by atoms with Crippen molar-refractivity contribution in [1.82, 2.24) is 10.2 Å². The number of benzene rings is 2. The van der Waals surface area contributed by atoms with E-state index >= 15 is 0 Å². The molecule has 0 saturated carbocycles. The average molecular weight is 419 g/mol. The van der Waals surface area contributed by atoms with E-state index in [2.05, 4.69) is 10.6 Å². The molecule has 0 bridgehead atoms. The van der Waals surface area contributed by atoms with E-state index in [-0.39, 0.29) is 11.8 Å². The highest BCUT2D eigenvalue weighted by Crippen LogP contribution is 2.34. The minimum absolute atomic E-state index is 0.208. The number of amides is 2. The van der Waals surface area contributed by atoms with Crippen LogP contribution in [0.15, 0.2) is 30.3 Å². The van der Waals surface area contributed by atoms with E-state index in [1.807, 2.05) is 37.4 Å². The fraction of sp³-hybridized carbons (Fsp3) is 0.400. The second-order valence-electron chi connectivity index (χ2n) is 6.47. The molecule has 0 aliphatic carbocycles. The zero-order valence-electron chi connectivity index (χ0n) is 16.0. The fourth-order valence-corrected chi connectivity index (χ4v) is 5.09. The molecule has 1 aliphatic heterocycles. The van der Waals surface area contributed by atoms with Crippen LogP contribution < -0.4 is 16.4 Å². The number of nitrogens with zero attached hydrogens (tertiary/aromatic N) is 1. The van der Waals surface area contributed by atoms with Crippen LogP contribution in [0.3, 0.4) is 0 Å². The first kappa shape index (κ1) is 21.0. The first-order chi connectivity index (χ1) is 13.7. The smallest absolute Gasteiger partial charge is 0.261 e. The van der Waals surface area contributed by atoms with Crippen LogP contribution in [0.4, 0.5) is 5.69 Å². The summed E-state index contributed by atoms with van der Waals surface area (Å²) in [5.41, 5.74) is 7.65. The van der Waals surface area contributed by atoms with Crippen molar-refractivity contribution in [2.75, 3.05) is 50.0 Å². The van der Waals surface area contributed by atoms with Gasteiger partial charge in [0.05, 0.1) is 0 Å². The maximum Gasteiger partial charge on any atom is 0.261 e. The third-order valence-corrected chi connectivity index (χ3v) is 7.01. The SMILES string of the molecule is CNCCCNc1ccc2c3c(cccc13)C(=O)N(CCSSCCN)C2=O. The Bertz CT molecular complexity index is 837. The molecule has 3 rings (SSSR count). The van der Waals surface area contributed by atoms with Crippen LogP contribution in [0.25, 0.3) is 10.8 Å². The van der Waals surface area contributed by atoms with Crippen molar-refractivity contribution in [3.8, 4) is 0 Å². The summed E-state index contributed by atoms with van der Waals surface area (Å²) in [5, 5.41) is 8.24. The van der Waals surface area contributed by atoms with Gasteiger partial charge in [0.15, 0.2) is 0 Å². The third kappa shape index (κ3) is 4.46. The predicted octanol–water partition coefficient (Wildman–Crippen LogP) is 2.80. The molecule has 1 heterocycles. The van der Waals surface area contributed by atoms with Crippen LogP contribution in [-0.2, 0) is 0 Å². The number of carbonyl (C=O) groups excluding carboxylic acids is 2. The molecule has 2 aromatic carbocycles. The summed E-state index contributed by atoms with van der Waals surface area (Å²) in [6, 6.07) is 9.45. The van der Waals surface area contributed by atoms with Gasteiger partial charge in [-0.05, 0) is 38.2 Å². The summed E-state index contributed by atoms with van der Waals surface area (Å²) in [6.45, 7) is 2.78. The van der Waals surface area contributed by atoms with Crippen LogP contribution in [0, 0.1) is 0 Å². The Morgan fingerprint density at radius 3 is 2.50 bits per heavy atom. The van der Waals surface area contributed by atoms with E-state index in [1.165, 1.54) is 4.90 Å². The Morgan fingerprint density at radius 2 is 1.75 bits per heavy atom. The molecule has 1 aliphatic rings. The molecule has 6 nitrogen and oxygen atoms in total. The molecule has 4 N–H and O–H groups in total. The van der Waals surface area contributed by atoms with Gasteiger partial charge in [-0.3, -0.25) is 14.5 Å². The summed E-state index contributed by atoms with van der Waals surface area (Å²) in [4.78, 5) is 27.3. The highest BCUT2D eigenvalue weighted by molar-refractivity contribution is 8.76. The Kier molecular flexibility index (Phi) is 7.61. The van der Waals surface area contributed by atoms with E-state index in [9.17, 15) is 9.59 Å². The number of nitrogens with two attached hydrogens (primary N) is 1. The Balaban J connectivity index is 1.82. The second kappa shape index (κ2) is 10.2. The first-order valence-electron chi connectivity index (χ1n) is 9.44. The van der Waals surface area contributed by atoms with Gasteiger partial charge in [0, 0.05) is 58.7 Å². The monoisotopic (exact) mass is 418 g/mol. The van der Waals surface area contributed by atoms with Gasteiger partial charge >= 0.3 is 0 Å². The molecule has 150 valence electrons. The van der Waals surface area contributed by atoms with E-state index in [0.29, 0.717) is 30.0 Å². The minimum atomic E-state index is -0.208. The van der Waals surface area contributed by atoms with Gasteiger partial charge in [-0.25, -0.2) is 0 Å². The minimum Gasteiger partial charge on any atom is -0.384 e. The van der Waals surface area contributed by atoms with Gasteiger partial charge < -0.3 is 16.4 Å². The molecular formula is C20H26N4O2S2. The lowest BCUT2D eigenvalue weighted by Gasteiger charge is -2.27. The molecule has 0 atom stereocenters. The quantitative estimate of drug-likeness (QED) is 0.294. The van der Waals surface area contributed by atoms with Crippen LogP contribution in [0.5, 0.6) is 0 Å². The number of carbonyl (C=O) groups is 2. The van der Waals surface area contributed by atoms with Crippen molar-refractivity contribution in [2.24, 2.45) is 5.73 Å². The number of imide groups is 1. The molecular weight excluding hydrogens is 392 g/mol. The molecule has 28 heavy (non-hydrogen) atoms. The largest absolute Gasteiger partial charge is 0.384 e. The van der Waals surface area contributed by atoms with Crippen molar-refractivity contribution in [1.29, 1.82) is 0 Å². The summed E-state index contributed by atoms with van der Waals surface area (Å²) in [6.07, 6.45) is 0.991. The maximum absolute atomic E-state index is 13.0. The number of hydrogen-bond acceptors (Lipinski definition) is 7. The van der Waals surface area contributed by atoms with Crippen molar-refractivity contribution in [3.05, 3.63) is 41.5 Å². The maximum atomic E-state index is 13.0. The normalized spacial score (nSPS) is 13.4. The van der Waals surface area contributed by atoms with Gasteiger partial charge in [0.2, 0.25) is 0 Å². The van der Waals surface area contributed by atoms with Crippen LogP contribution >= 0.6 is 21.6 Å². The Morgan fingerprint density at radius 1 is 1.00 bits per heavy atom. The van der Waals surface area contributed by atoms with Crippen molar-refractivity contribution in [3.63, 3.8) is 0 Å². The predicted molar refractivity (Wildman–Crippen MR) is 120 cm³/mol. The molecule has 0 spiro atoms. The van der Waals surface area contributed by atoms with Gasteiger partial charge in [0.25, 0.3) is 11.8 Å². The third-order valence-electron chi connectivity index (χ3n) is 4.59. The molecule has 0 aromatic heterocycles. The van der Waals surface area contributed by atoms with Crippen molar-refractivity contribution >= 4 is 49.9 Å². The zero-order valence-corrected chi connectivity index (χ0v) is 17.6. The lowest BCUT2D eigenvalue weighted by Crippen LogP contribution is -2.41. The van der Waals surface area contributed by atoms with E-state index < -0.39 is 0 Å². The van der Waals surface area contributed by atoms with Crippen LogP contribution in [0.2, 0.25) is 0 Å². The summed E-state index contributed by atoms with van der Waals surface area (Å²) >= 11 is 0. The van der Waals surface area contributed by atoms with Crippen LogP contribution in [0.1, 0.15) is 27.1 Å². The number of hydrogen-bond donors (Lipinski definition) is 3. The van der Waals surface area contributed by atoms with Gasteiger partial charge in [-0.15, -0.1) is 0 Å². The number of anilines is 1. The summed E-state index contributed by atoms with van der Waals surface area (Å²) in [7, 11) is 5.24. The summed E-state index contributed by atoms with van der Waals surface area (Å²) < 4.78 is 0. The van der Waals surface area contributed by atoms with E-state index in [1.54, 1.807) is 21.6 Å². The molecule has 0 unspecified atom stereocenters. The molecule has 0 radical (unpaired) electrons. The van der Waals surface area contributed by atoms with Crippen molar-refractivity contribution < 1.29 is 9.59 Å². The van der Waals surface area contributed by atoms with E-state index in [0.717, 1.165) is 41.7 Å². The fourth-order valence-electron chi connectivity index (χ4n) is 3.29. The van der Waals surface area contributed by atoms with Gasteiger partial charge in [-0.2, -0.15) is 0 Å². The highest BCUT2D eigenvalue weighted by Gasteiger charge is 2.32. The number of nitrogens with one attached hydrogen (secondary N) is 2. The molecule has 8 heteroatoms. The molecule has 2 aromatic rings. The lowest BCUT2D eigenvalue weighted by molar-refractivity contribution is 0.0621. The first-order valence-corrected chi connectivity index (χ1v) is 11.9. The lowest BCUT2D eigenvalue weighted by atomic mass is 9.93. The average Bonchev–Trinajstić information content (AvgIpc) is 2.71. The molecule has 0 saturated heterocycles.